The Morgan fingerprint density at radius 1 is 1.47 bits per heavy atom. The van der Waals surface area contributed by atoms with E-state index in [2.05, 4.69) is 18.5 Å². The Morgan fingerprint density at radius 2 is 2.29 bits per heavy atom. The fourth-order valence-electron chi connectivity index (χ4n) is 2.25. The van der Waals surface area contributed by atoms with Crippen LogP contribution in [0.15, 0.2) is 0 Å². The zero-order valence-electron chi connectivity index (χ0n) is 11.2. The maximum Gasteiger partial charge on any atom is 0.0897 e. The van der Waals surface area contributed by atoms with Gasteiger partial charge >= 0.3 is 0 Å². The van der Waals surface area contributed by atoms with Gasteiger partial charge in [0, 0.05) is 24.4 Å². The standard InChI is InChI=1S/C13H27NO2S/c1-3-4-8-16-10-11(15)9-14-12-6-5-7-13(12)17-2/h11-15H,3-10H2,1-2H3. The van der Waals surface area contributed by atoms with Crippen LogP contribution in [-0.4, -0.2) is 48.5 Å². The molecule has 2 N–H and O–H groups in total. The average Bonchev–Trinajstić information content (AvgIpc) is 2.79. The van der Waals surface area contributed by atoms with Gasteiger partial charge in [-0.1, -0.05) is 19.8 Å². The third-order valence-electron chi connectivity index (χ3n) is 3.32. The minimum atomic E-state index is -0.366. The van der Waals surface area contributed by atoms with E-state index >= 15 is 0 Å². The fraction of sp³-hybridized carbons (Fsp3) is 1.00. The molecule has 3 nitrogen and oxygen atoms in total. The molecule has 0 saturated heterocycles. The van der Waals surface area contributed by atoms with Crippen LogP contribution in [0.4, 0.5) is 0 Å². The number of hydrogen-bond donors (Lipinski definition) is 2. The van der Waals surface area contributed by atoms with Gasteiger partial charge in [-0.05, 0) is 25.5 Å². The first-order valence-electron chi connectivity index (χ1n) is 6.80. The van der Waals surface area contributed by atoms with Crippen LogP contribution in [0.5, 0.6) is 0 Å². The summed E-state index contributed by atoms with van der Waals surface area (Å²) < 4.78 is 5.41. The maximum absolute atomic E-state index is 9.77. The van der Waals surface area contributed by atoms with E-state index in [0.717, 1.165) is 24.7 Å². The second kappa shape index (κ2) is 9.20. The molecule has 17 heavy (non-hydrogen) atoms. The molecule has 0 radical (unpaired) electrons. The second-order valence-electron chi connectivity index (χ2n) is 4.80. The molecule has 3 unspecified atom stereocenters. The second-order valence-corrected chi connectivity index (χ2v) is 5.88. The highest BCUT2D eigenvalue weighted by atomic mass is 32.2. The van der Waals surface area contributed by atoms with Crippen LogP contribution in [0.2, 0.25) is 0 Å². The summed E-state index contributed by atoms with van der Waals surface area (Å²) >= 11 is 1.94. The average molecular weight is 261 g/mol. The molecule has 102 valence electrons. The van der Waals surface area contributed by atoms with Crippen LogP contribution < -0.4 is 5.32 Å². The minimum Gasteiger partial charge on any atom is -0.389 e. The normalized spacial score (nSPS) is 26.3. The van der Waals surface area contributed by atoms with Crippen molar-refractivity contribution in [2.24, 2.45) is 0 Å². The van der Waals surface area contributed by atoms with Gasteiger partial charge in [-0.25, -0.2) is 0 Å². The predicted molar refractivity (Wildman–Crippen MR) is 74.7 cm³/mol. The number of rotatable bonds is 9. The van der Waals surface area contributed by atoms with Gasteiger partial charge in [-0.2, -0.15) is 11.8 Å². The van der Waals surface area contributed by atoms with E-state index in [1.165, 1.54) is 19.3 Å². The van der Waals surface area contributed by atoms with Crippen LogP contribution in [0.1, 0.15) is 39.0 Å². The van der Waals surface area contributed by atoms with E-state index in [9.17, 15) is 5.11 Å². The number of aliphatic hydroxyl groups is 1. The summed E-state index contributed by atoms with van der Waals surface area (Å²) in [4.78, 5) is 0. The molecule has 1 aliphatic rings. The van der Waals surface area contributed by atoms with Crippen molar-refractivity contribution in [1.29, 1.82) is 0 Å². The molecule has 3 atom stereocenters. The van der Waals surface area contributed by atoms with Crippen LogP contribution in [0, 0.1) is 0 Å². The van der Waals surface area contributed by atoms with Crippen LogP contribution in [0.25, 0.3) is 0 Å². The van der Waals surface area contributed by atoms with Gasteiger partial charge < -0.3 is 15.2 Å². The number of ether oxygens (including phenoxy) is 1. The van der Waals surface area contributed by atoms with Gasteiger partial charge in [0.1, 0.15) is 0 Å². The Bertz CT molecular complexity index is 192. The number of aliphatic hydroxyl groups excluding tert-OH is 1. The molecule has 0 aliphatic heterocycles. The molecule has 0 aromatic rings. The molecule has 0 aromatic carbocycles. The maximum atomic E-state index is 9.77. The highest BCUT2D eigenvalue weighted by molar-refractivity contribution is 7.99. The molecule has 1 aliphatic carbocycles. The molecule has 0 amide bonds. The smallest absolute Gasteiger partial charge is 0.0897 e. The first-order valence-corrected chi connectivity index (χ1v) is 8.08. The van der Waals surface area contributed by atoms with E-state index in [-0.39, 0.29) is 6.10 Å². The molecule has 1 fully saturated rings. The third kappa shape index (κ3) is 6.09. The first-order chi connectivity index (χ1) is 8.27. The van der Waals surface area contributed by atoms with E-state index in [4.69, 9.17) is 4.74 Å². The van der Waals surface area contributed by atoms with Crippen molar-refractivity contribution in [2.75, 3.05) is 26.0 Å². The molecule has 0 spiro atoms. The number of thioether (sulfide) groups is 1. The van der Waals surface area contributed by atoms with Gasteiger partial charge in [0.15, 0.2) is 0 Å². The van der Waals surface area contributed by atoms with Crippen molar-refractivity contribution in [3.63, 3.8) is 0 Å². The largest absolute Gasteiger partial charge is 0.389 e. The third-order valence-corrected chi connectivity index (χ3v) is 4.49. The highest BCUT2D eigenvalue weighted by Crippen LogP contribution is 2.28. The molecule has 0 aromatic heterocycles. The molecule has 0 bridgehead atoms. The summed E-state index contributed by atoms with van der Waals surface area (Å²) in [7, 11) is 0. The van der Waals surface area contributed by atoms with Crippen molar-refractivity contribution < 1.29 is 9.84 Å². The van der Waals surface area contributed by atoms with Crippen molar-refractivity contribution in [2.45, 2.75) is 56.4 Å². The van der Waals surface area contributed by atoms with E-state index in [1.807, 2.05) is 11.8 Å². The lowest BCUT2D eigenvalue weighted by atomic mass is 10.2. The Kier molecular flexibility index (Phi) is 8.27. The van der Waals surface area contributed by atoms with Crippen LogP contribution in [0.3, 0.4) is 0 Å². The molecular weight excluding hydrogens is 234 g/mol. The zero-order valence-corrected chi connectivity index (χ0v) is 12.0. The van der Waals surface area contributed by atoms with Crippen molar-refractivity contribution in [3.05, 3.63) is 0 Å². The summed E-state index contributed by atoms with van der Waals surface area (Å²) in [5.74, 6) is 0. The Balaban J connectivity index is 2.04. The van der Waals surface area contributed by atoms with Gasteiger partial charge in [0.25, 0.3) is 0 Å². The lowest BCUT2D eigenvalue weighted by molar-refractivity contribution is 0.0347. The van der Waals surface area contributed by atoms with Crippen molar-refractivity contribution >= 4 is 11.8 Å². The van der Waals surface area contributed by atoms with Gasteiger partial charge in [0.05, 0.1) is 12.7 Å². The fourth-order valence-corrected chi connectivity index (χ4v) is 3.22. The van der Waals surface area contributed by atoms with E-state index in [1.54, 1.807) is 0 Å². The van der Waals surface area contributed by atoms with E-state index in [0.29, 0.717) is 19.2 Å². The lowest BCUT2D eigenvalue weighted by Crippen LogP contribution is -2.40. The Hall–Kier alpha value is 0.230. The monoisotopic (exact) mass is 261 g/mol. The Labute approximate surface area is 110 Å². The first kappa shape index (κ1) is 15.3. The van der Waals surface area contributed by atoms with Gasteiger partial charge in [0.2, 0.25) is 0 Å². The summed E-state index contributed by atoms with van der Waals surface area (Å²) in [5.41, 5.74) is 0. The minimum absolute atomic E-state index is 0.366. The summed E-state index contributed by atoms with van der Waals surface area (Å²) in [6.45, 7) is 4.03. The number of hydrogen-bond acceptors (Lipinski definition) is 4. The summed E-state index contributed by atoms with van der Waals surface area (Å²) in [5, 5.41) is 14.0. The molecule has 1 saturated carbocycles. The van der Waals surface area contributed by atoms with Crippen LogP contribution >= 0.6 is 11.8 Å². The van der Waals surface area contributed by atoms with Crippen molar-refractivity contribution in [3.8, 4) is 0 Å². The SMILES string of the molecule is CCCCOCC(O)CNC1CCCC1SC. The topological polar surface area (TPSA) is 41.5 Å². The molecule has 4 heteroatoms. The number of nitrogens with one attached hydrogen (secondary N) is 1. The Morgan fingerprint density at radius 3 is 3.00 bits per heavy atom. The molecular formula is C13H27NO2S. The number of unbranched alkanes of at least 4 members (excludes halogenated alkanes) is 1. The van der Waals surface area contributed by atoms with Gasteiger partial charge in [-0.3, -0.25) is 0 Å². The van der Waals surface area contributed by atoms with Crippen molar-refractivity contribution in [1.82, 2.24) is 5.32 Å². The summed E-state index contributed by atoms with van der Waals surface area (Å²) in [6.07, 6.45) is 7.90. The quantitative estimate of drug-likeness (QED) is 0.623. The molecule has 0 heterocycles. The van der Waals surface area contributed by atoms with Gasteiger partial charge in [-0.15, -0.1) is 0 Å². The highest BCUT2D eigenvalue weighted by Gasteiger charge is 2.26. The van der Waals surface area contributed by atoms with E-state index < -0.39 is 0 Å². The predicted octanol–water partition coefficient (Wildman–Crippen LogP) is 2.04. The zero-order chi connectivity index (χ0) is 12.5. The summed E-state index contributed by atoms with van der Waals surface area (Å²) in [6, 6.07) is 0.579. The van der Waals surface area contributed by atoms with Crippen LogP contribution in [-0.2, 0) is 4.74 Å². The molecule has 1 rings (SSSR count). The lowest BCUT2D eigenvalue weighted by Gasteiger charge is -2.21.